The molecular formula is C20H29N3O2. The minimum atomic E-state index is -0.283. The number of nitrogens with zero attached hydrogens (tertiary/aromatic N) is 2. The van der Waals surface area contributed by atoms with Crippen LogP contribution in [0.2, 0.25) is 0 Å². The topological polar surface area (TPSA) is 66.6 Å². The Morgan fingerprint density at radius 1 is 1.08 bits per heavy atom. The first-order valence-corrected chi connectivity index (χ1v) is 9.50. The van der Waals surface area contributed by atoms with Gasteiger partial charge in [0.25, 0.3) is 0 Å². The zero-order valence-corrected chi connectivity index (χ0v) is 15.1. The molecule has 1 saturated heterocycles. The Morgan fingerprint density at radius 2 is 1.72 bits per heavy atom. The van der Waals surface area contributed by atoms with Crippen LogP contribution >= 0.6 is 0 Å². The van der Waals surface area contributed by atoms with E-state index in [-0.39, 0.29) is 23.8 Å². The van der Waals surface area contributed by atoms with Crippen LogP contribution in [-0.4, -0.2) is 42.4 Å². The van der Waals surface area contributed by atoms with Gasteiger partial charge in [0, 0.05) is 24.8 Å². The summed E-state index contributed by atoms with van der Waals surface area (Å²) in [6, 6.07) is 7.98. The van der Waals surface area contributed by atoms with Gasteiger partial charge in [0.05, 0.1) is 12.5 Å². The van der Waals surface area contributed by atoms with Crippen molar-refractivity contribution in [3.8, 4) is 0 Å². The van der Waals surface area contributed by atoms with Gasteiger partial charge in [0.15, 0.2) is 0 Å². The first-order chi connectivity index (χ1) is 12.1. The number of nitrogens with two attached hydrogens (primary N) is 1. The fraction of sp³-hybridized carbons (Fsp3) is 0.600. The fourth-order valence-corrected chi connectivity index (χ4v) is 4.13. The number of benzene rings is 1. The first-order valence-electron chi connectivity index (χ1n) is 9.50. The largest absolute Gasteiger partial charge is 0.369 e. The van der Waals surface area contributed by atoms with Crippen LogP contribution in [0.25, 0.3) is 0 Å². The quantitative estimate of drug-likeness (QED) is 0.917. The smallest absolute Gasteiger partial charge is 0.242 e. The molecule has 0 spiro atoms. The maximum atomic E-state index is 12.9. The van der Waals surface area contributed by atoms with E-state index in [2.05, 4.69) is 11.8 Å². The normalized spacial score (nSPS) is 24.2. The molecule has 2 amide bonds. The molecule has 5 nitrogen and oxygen atoms in total. The number of hydrogen-bond acceptors (Lipinski definition) is 3. The highest BCUT2D eigenvalue weighted by atomic mass is 16.2. The number of carbonyl (C=O) groups is 2. The Balaban J connectivity index is 1.77. The molecule has 0 aromatic heterocycles. The second-order valence-electron chi connectivity index (χ2n) is 7.37. The summed E-state index contributed by atoms with van der Waals surface area (Å²) in [5.74, 6) is -0.352. The van der Waals surface area contributed by atoms with Crippen molar-refractivity contribution in [3.63, 3.8) is 0 Å². The number of likely N-dealkylation sites (tertiary alicyclic amines) is 1. The van der Waals surface area contributed by atoms with Crippen LogP contribution < -0.4 is 10.6 Å². The lowest BCUT2D eigenvalue weighted by molar-refractivity contribution is -0.130. The van der Waals surface area contributed by atoms with Crippen molar-refractivity contribution in [2.24, 2.45) is 5.73 Å². The maximum Gasteiger partial charge on any atom is 0.242 e. The van der Waals surface area contributed by atoms with Crippen molar-refractivity contribution in [2.45, 2.75) is 57.4 Å². The van der Waals surface area contributed by atoms with Gasteiger partial charge < -0.3 is 15.5 Å². The summed E-state index contributed by atoms with van der Waals surface area (Å²) in [5.41, 5.74) is 7.54. The number of fused-ring (bicyclic) bond motifs is 1. The van der Waals surface area contributed by atoms with Crippen molar-refractivity contribution in [2.75, 3.05) is 24.5 Å². The number of hydrogen-bond donors (Lipinski definition) is 1. The van der Waals surface area contributed by atoms with Gasteiger partial charge in [-0.05, 0) is 37.8 Å². The molecule has 25 heavy (non-hydrogen) atoms. The Morgan fingerprint density at radius 3 is 2.40 bits per heavy atom. The minimum absolute atomic E-state index is 0.117. The van der Waals surface area contributed by atoms with E-state index in [1.807, 2.05) is 29.2 Å². The Bertz CT molecular complexity index is 623. The molecule has 2 aliphatic rings. The number of carbonyl (C=O) groups excluding carboxylic acids is 2. The monoisotopic (exact) mass is 343 g/mol. The van der Waals surface area contributed by atoms with E-state index in [0.29, 0.717) is 13.0 Å². The van der Waals surface area contributed by atoms with E-state index in [4.69, 9.17) is 5.73 Å². The Labute approximate surface area is 150 Å². The summed E-state index contributed by atoms with van der Waals surface area (Å²) >= 11 is 0. The average Bonchev–Trinajstić information content (AvgIpc) is 2.56. The molecule has 1 aromatic carbocycles. The second kappa shape index (κ2) is 7.89. The van der Waals surface area contributed by atoms with E-state index in [0.717, 1.165) is 37.2 Å². The van der Waals surface area contributed by atoms with Gasteiger partial charge in [0.1, 0.15) is 0 Å². The van der Waals surface area contributed by atoms with E-state index in [9.17, 15) is 9.59 Å². The molecular weight excluding hydrogens is 314 g/mol. The fourth-order valence-electron chi connectivity index (χ4n) is 4.13. The summed E-state index contributed by atoms with van der Waals surface area (Å²) in [6.07, 6.45) is 6.58. The molecule has 0 unspecified atom stereocenters. The molecule has 2 atom stereocenters. The molecule has 1 aromatic rings. The molecule has 2 aliphatic heterocycles. The van der Waals surface area contributed by atoms with Gasteiger partial charge in [0.2, 0.25) is 11.8 Å². The first kappa shape index (κ1) is 17.8. The molecule has 136 valence electrons. The highest BCUT2D eigenvalue weighted by Crippen LogP contribution is 2.38. The third-order valence-electron chi connectivity index (χ3n) is 5.59. The van der Waals surface area contributed by atoms with E-state index in [1.54, 1.807) is 0 Å². The van der Waals surface area contributed by atoms with Crippen molar-refractivity contribution in [1.29, 1.82) is 0 Å². The standard InChI is InChI=1S/C20H29N3O2/c1-15-13-17(20(21)25)16-9-5-6-10-18(16)23(15)14-19(24)22-11-7-3-2-4-8-12-22/h5-6,9-10,15,17H,2-4,7-8,11-14H2,1H3,(H2,21,25)/t15-,17+/m0/s1. The van der Waals surface area contributed by atoms with Crippen LogP contribution in [0.4, 0.5) is 5.69 Å². The van der Waals surface area contributed by atoms with Gasteiger partial charge in [-0.1, -0.05) is 37.5 Å². The van der Waals surface area contributed by atoms with Crippen LogP contribution in [0.3, 0.4) is 0 Å². The predicted molar refractivity (Wildman–Crippen MR) is 99.5 cm³/mol. The summed E-state index contributed by atoms with van der Waals surface area (Å²) in [4.78, 5) is 28.9. The third kappa shape index (κ3) is 3.97. The summed E-state index contributed by atoms with van der Waals surface area (Å²) < 4.78 is 0. The summed E-state index contributed by atoms with van der Waals surface area (Å²) in [5, 5.41) is 0. The van der Waals surface area contributed by atoms with Gasteiger partial charge in [-0.25, -0.2) is 0 Å². The highest BCUT2D eigenvalue weighted by molar-refractivity contribution is 5.87. The van der Waals surface area contributed by atoms with E-state index < -0.39 is 0 Å². The van der Waals surface area contributed by atoms with Crippen LogP contribution in [0.5, 0.6) is 0 Å². The highest BCUT2D eigenvalue weighted by Gasteiger charge is 2.34. The van der Waals surface area contributed by atoms with Crippen molar-refractivity contribution >= 4 is 17.5 Å². The Hall–Kier alpha value is -2.04. The number of amides is 2. The number of para-hydroxylation sites is 1. The maximum absolute atomic E-state index is 12.9. The lowest BCUT2D eigenvalue weighted by Gasteiger charge is -2.40. The van der Waals surface area contributed by atoms with E-state index in [1.165, 1.54) is 19.3 Å². The molecule has 3 rings (SSSR count). The number of primary amides is 1. The Kier molecular flexibility index (Phi) is 5.61. The molecule has 1 fully saturated rings. The average molecular weight is 343 g/mol. The van der Waals surface area contributed by atoms with Crippen LogP contribution in [0, 0.1) is 0 Å². The van der Waals surface area contributed by atoms with Crippen molar-refractivity contribution in [3.05, 3.63) is 29.8 Å². The molecule has 0 radical (unpaired) electrons. The number of rotatable bonds is 3. The number of anilines is 1. The van der Waals surface area contributed by atoms with Crippen molar-refractivity contribution in [1.82, 2.24) is 4.90 Å². The minimum Gasteiger partial charge on any atom is -0.369 e. The lowest BCUT2D eigenvalue weighted by Crippen LogP contribution is -2.48. The molecule has 0 saturated carbocycles. The van der Waals surface area contributed by atoms with Gasteiger partial charge in [-0.15, -0.1) is 0 Å². The van der Waals surface area contributed by atoms with Crippen molar-refractivity contribution < 1.29 is 9.59 Å². The van der Waals surface area contributed by atoms with Crippen LogP contribution in [-0.2, 0) is 9.59 Å². The third-order valence-corrected chi connectivity index (χ3v) is 5.59. The summed E-state index contributed by atoms with van der Waals surface area (Å²) in [6.45, 7) is 4.19. The van der Waals surface area contributed by atoms with Gasteiger partial charge >= 0.3 is 0 Å². The molecule has 5 heteroatoms. The van der Waals surface area contributed by atoms with E-state index >= 15 is 0 Å². The molecule has 0 bridgehead atoms. The molecule has 0 aliphatic carbocycles. The van der Waals surface area contributed by atoms with Crippen LogP contribution in [0.15, 0.2) is 24.3 Å². The predicted octanol–water partition coefficient (Wildman–Crippen LogP) is 2.65. The lowest BCUT2D eigenvalue weighted by atomic mass is 9.85. The molecule has 2 heterocycles. The zero-order chi connectivity index (χ0) is 17.8. The second-order valence-corrected chi connectivity index (χ2v) is 7.37. The van der Waals surface area contributed by atoms with Gasteiger partial charge in [-0.2, -0.15) is 0 Å². The SMILES string of the molecule is C[C@H]1C[C@@H](C(N)=O)c2ccccc2N1CC(=O)N1CCCCCCC1. The molecule has 2 N–H and O–H groups in total. The van der Waals surface area contributed by atoms with Crippen LogP contribution in [0.1, 0.15) is 56.9 Å². The zero-order valence-electron chi connectivity index (χ0n) is 15.1. The summed E-state index contributed by atoms with van der Waals surface area (Å²) in [7, 11) is 0. The van der Waals surface area contributed by atoms with Gasteiger partial charge in [-0.3, -0.25) is 9.59 Å².